The van der Waals surface area contributed by atoms with Crippen molar-refractivity contribution in [1.29, 1.82) is 0 Å². The number of benzene rings is 2. The van der Waals surface area contributed by atoms with E-state index in [1.54, 1.807) is 6.07 Å². The zero-order chi connectivity index (χ0) is 17.7. The molecule has 0 radical (unpaired) electrons. The first kappa shape index (κ1) is 18.2. The Kier molecular flexibility index (Phi) is 6.15. The number of amides is 1. The fourth-order valence-corrected chi connectivity index (χ4v) is 2.93. The van der Waals surface area contributed by atoms with Crippen LogP contribution in [0.25, 0.3) is 0 Å². The monoisotopic (exact) mass is 389 g/mol. The van der Waals surface area contributed by atoms with E-state index in [1.807, 2.05) is 56.3 Å². The van der Waals surface area contributed by atoms with Crippen molar-refractivity contribution in [2.45, 2.75) is 26.2 Å². The van der Waals surface area contributed by atoms with Crippen LogP contribution in [0.15, 0.2) is 53.0 Å². The Morgan fingerprint density at radius 3 is 2.42 bits per heavy atom. The van der Waals surface area contributed by atoms with Crippen LogP contribution < -0.4 is 5.32 Å². The summed E-state index contributed by atoms with van der Waals surface area (Å²) in [5.41, 5.74) is 2.62. The molecule has 0 aliphatic rings. The molecule has 0 unspecified atom stereocenters. The first-order valence-electron chi connectivity index (χ1n) is 7.72. The molecule has 2 rings (SSSR count). The van der Waals surface area contributed by atoms with E-state index in [4.69, 9.17) is 0 Å². The molecule has 24 heavy (non-hydrogen) atoms. The third-order valence-electron chi connectivity index (χ3n) is 4.11. The smallest absolute Gasteiger partial charge is 0.307 e. The average molecular weight is 390 g/mol. The van der Waals surface area contributed by atoms with Crippen LogP contribution in [0.4, 0.5) is 5.69 Å². The number of hydrogen-bond acceptors (Lipinski definition) is 2. The molecule has 0 aromatic heterocycles. The van der Waals surface area contributed by atoms with E-state index in [1.165, 1.54) is 0 Å². The number of anilines is 1. The molecule has 1 amide bonds. The summed E-state index contributed by atoms with van der Waals surface area (Å²) >= 11 is 3.42. The van der Waals surface area contributed by atoms with E-state index in [0.717, 1.165) is 15.6 Å². The number of nitrogens with one attached hydrogen (secondary N) is 1. The number of hydrogen-bond donors (Lipinski definition) is 2. The van der Waals surface area contributed by atoms with Crippen molar-refractivity contribution in [3.05, 3.63) is 64.1 Å². The normalized spacial score (nSPS) is 13.1. The summed E-state index contributed by atoms with van der Waals surface area (Å²) < 4.78 is 0.896. The average Bonchev–Trinajstić information content (AvgIpc) is 2.56. The topological polar surface area (TPSA) is 66.4 Å². The number of rotatable bonds is 6. The zero-order valence-corrected chi connectivity index (χ0v) is 15.2. The van der Waals surface area contributed by atoms with Gasteiger partial charge in [0.05, 0.1) is 5.92 Å². The molecule has 2 atom stereocenters. The summed E-state index contributed by atoms with van der Waals surface area (Å²) in [4.78, 5) is 23.9. The van der Waals surface area contributed by atoms with Crippen molar-refractivity contribution < 1.29 is 14.7 Å². The number of carbonyl (C=O) groups excluding carboxylic acids is 1. The van der Waals surface area contributed by atoms with Crippen molar-refractivity contribution >= 4 is 33.5 Å². The second kappa shape index (κ2) is 8.11. The second-order valence-electron chi connectivity index (χ2n) is 5.86. The van der Waals surface area contributed by atoms with Gasteiger partial charge >= 0.3 is 5.97 Å². The second-order valence-corrected chi connectivity index (χ2v) is 6.71. The van der Waals surface area contributed by atoms with Crippen molar-refractivity contribution in [2.75, 3.05) is 5.32 Å². The lowest BCUT2D eigenvalue weighted by atomic mass is 9.85. The van der Waals surface area contributed by atoms with Crippen LogP contribution in [0.2, 0.25) is 0 Å². The standard InChI is InChI=1S/C19H20BrNO3/c1-12-8-9-15(10-17(12)20)21-18(22)11-16(19(23)24)13(2)14-6-4-3-5-7-14/h3-10,13,16H,11H2,1-2H3,(H,21,22)(H,23,24)/t13-,16+/m0/s1. The van der Waals surface area contributed by atoms with Gasteiger partial charge < -0.3 is 10.4 Å². The zero-order valence-electron chi connectivity index (χ0n) is 13.6. The highest BCUT2D eigenvalue weighted by Crippen LogP contribution is 2.28. The first-order chi connectivity index (χ1) is 11.4. The van der Waals surface area contributed by atoms with Crippen molar-refractivity contribution in [3.63, 3.8) is 0 Å². The molecule has 4 nitrogen and oxygen atoms in total. The maximum atomic E-state index is 12.3. The molecule has 0 saturated carbocycles. The van der Waals surface area contributed by atoms with E-state index in [-0.39, 0.29) is 18.2 Å². The predicted molar refractivity (Wildman–Crippen MR) is 98.1 cm³/mol. The van der Waals surface area contributed by atoms with E-state index in [9.17, 15) is 14.7 Å². The van der Waals surface area contributed by atoms with Crippen molar-refractivity contribution in [1.82, 2.24) is 0 Å². The molecular weight excluding hydrogens is 370 g/mol. The maximum absolute atomic E-state index is 12.3. The number of carboxylic acid groups (broad SMARTS) is 1. The minimum absolute atomic E-state index is 0.0725. The Hall–Kier alpha value is -2.14. The van der Waals surface area contributed by atoms with Crippen molar-refractivity contribution in [2.24, 2.45) is 5.92 Å². The molecule has 0 saturated heterocycles. The molecule has 2 aromatic carbocycles. The Morgan fingerprint density at radius 1 is 1.17 bits per heavy atom. The minimum Gasteiger partial charge on any atom is -0.481 e. The largest absolute Gasteiger partial charge is 0.481 e. The van der Waals surface area contributed by atoms with E-state index in [0.29, 0.717) is 5.69 Å². The van der Waals surface area contributed by atoms with Gasteiger partial charge in [0.2, 0.25) is 5.91 Å². The van der Waals surface area contributed by atoms with Gasteiger partial charge in [0.25, 0.3) is 0 Å². The van der Waals surface area contributed by atoms with E-state index in [2.05, 4.69) is 21.2 Å². The highest BCUT2D eigenvalue weighted by atomic mass is 79.9. The van der Waals surface area contributed by atoms with E-state index >= 15 is 0 Å². The molecule has 0 fully saturated rings. The van der Waals surface area contributed by atoms with E-state index < -0.39 is 11.9 Å². The predicted octanol–water partition coefficient (Wildman–Crippen LogP) is 4.59. The van der Waals surface area contributed by atoms with Crippen LogP contribution in [0.5, 0.6) is 0 Å². The van der Waals surface area contributed by atoms with Gasteiger partial charge in [0.1, 0.15) is 0 Å². The molecule has 0 bridgehead atoms. The molecule has 0 spiro atoms. The maximum Gasteiger partial charge on any atom is 0.307 e. The Balaban J connectivity index is 2.08. The summed E-state index contributed by atoms with van der Waals surface area (Å²) in [6.07, 6.45) is -0.0725. The minimum atomic E-state index is -0.966. The third-order valence-corrected chi connectivity index (χ3v) is 4.96. The Labute approximate surface area is 150 Å². The highest BCUT2D eigenvalue weighted by molar-refractivity contribution is 9.10. The summed E-state index contributed by atoms with van der Waals surface area (Å²) in [5.74, 6) is -2.30. The number of aliphatic carboxylic acids is 1. The van der Waals surface area contributed by atoms with Gasteiger partial charge in [-0.15, -0.1) is 0 Å². The quantitative estimate of drug-likeness (QED) is 0.758. The SMILES string of the molecule is Cc1ccc(NC(=O)C[C@@H](C(=O)O)[C@@H](C)c2ccccc2)cc1Br. The summed E-state index contributed by atoms with van der Waals surface area (Å²) in [6, 6.07) is 14.9. The first-order valence-corrected chi connectivity index (χ1v) is 8.51. The van der Waals surface area contributed by atoms with Gasteiger partial charge in [-0.25, -0.2) is 0 Å². The van der Waals surface area contributed by atoms with Crippen LogP contribution in [-0.4, -0.2) is 17.0 Å². The lowest BCUT2D eigenvalue weighted by Gasteiger charge is -2.20. The van der Waals surface area contributed by atoms with Crippen molar-refractivity contribution in [3.8, 4) is 0 Å². The van der Waals surface area contributed by atoms with Crippen LogP contribution in [-0.2, 0) is 9.59 Å². The van der Waals surface area contributed by atoms with Crippen LogP contribution in [0.1, 0.15) is 30.4 Å². The number of halogens is 1. The van der Waals surface area contributed by atoms with Gasteiger partial charge in [-0.1, -0.05) is 59.3 Å². The Bertz CT molecular complexity index is 731. The highest BCUT2D eigenvalue weighted by Gasteiger charge is 2.28. The van der Waals surface area contributed by atoms with Crippen LogP contribution >= 0.6 is 15.9 Å². The number of aryl methyl sites for hydroxylation is 1. The summed E-state index contributed by atoms with van der Waals surface area (Å²) in [7, 11) is 0. The van der Waals surface area contributed by atoms with Gasteiger partial charge in [0, 0.05) is 16.6 Å². The molecule has 0 aliphatic carbocycles. The van der Waals surface area contributed by atoms with Gasteiger partial charge in [-0.05, 0) is 36.1 Å². The van der Waals surface area contributed by atoms with Crippen LogP contribution in [0.3, 0.4) is 0 Å². The third kappa shape index (κ3) is 4.68. The molecule has 5 heteroatoms. The number of carbonyl (C=O) groups is 2. The summed E-state index contributed by atoms with van der Waals surface area (Å²) in [6.45, 7) is 3.79. The van der Waals surface area contributed by atoms with Crippen LogP contribution in [0, 0.1) is 12.8 Å². The van der Waals surface area contributed by atoms with Gasteiger partial charge in [-0.3, -0.25) is 9.59 Å². The van der Waals surface area contributed by atoms with Gasteiger partial charge in [0.15, 0.2) is 0 Å². The van der Waals surface area contributed by atoms with Gasteiger partial charge in [-0.2, -0.15) is 0 Å². The molecule has 0 heterocycles. The molecule has 126 valence electrons. The Morgan fingerprint density at radius 2 is 1.83 bits per heavy atom. The molecular formula is C19H20BrNO3. The fraction of sp³-hybridized carbons (Fsp3) is 0.263. The number of carboxylic acids is 1. The lowest BCUT2D eigenvalue weighted by molar-refractivity contribution is -0.144. The lowest BCUT2D eigenvalue weighted by Crippen LogP contribution is -2.26. The summed E-state index contributed by atoms with van der Waals surface area (Å²) in [5, 5.41) is 12.3. The molecule has 2 aromatic rings. The fourth-order valence-electron chi connectivity index (χ4n) is 2.55. The molecule has 0 aliphatic heterocycles. The molecule has 2 N–H and O–H groups in total.